The first kappa shape index (κ1) is 83.9. The van der Waals surface area contributed by atoms with Crippen LogP contribution >= 0.6 is 11.3 Å². The minimum Gasteiger partial charge on any atom is -0.452 e. The maximum atomic E-state index is 6.73. The zero-order chi connectivity index (χ0) is 94.0. The van der Waals surface area contributed by atoms with Crippen LogP contribution in [0.5, 0.6) is 0 Å². The van der Waals surface area contributed by atoms with E-state index >= 15 is 0 Å². The van der Waals surface area contributed by atoms with E-state index in [9.17, 15) is 0 Å². The number of aromatic nitrogens is 10. The van der Waals surface area contributed by atoms with Crippen LogP contribution in [0.3, 0.4) is 0 Å². The van der Waals surface area contributed by atoms with Crippen molar-refractivity contribution in [2.45, 2.75) is 10.8 Å². The van der Waals surface area contributed by atoms with Gasteiger partial charge in [-0.15, -0.1) is 11.3 Å². The number of rotatable bonds is 17. The van der Waals surface area contributed by atoms with Gasteiger partial charge in [-0.05, 0) is 143 Å². The summed E-state index contributed by atoms with van der Waals surface area (Å²) in [6, 6.07) is 175. The summed E-state index contributed by atoms with van der Waals surface area (Å²) < 4.78 is 8.93. The molecule has 142 heavy (non-hydrogen) atoms. The Hall–Kier alpha value is -18.6. The monoisotopic (exact) mass is 1830 g/mol. The molecule has 6 aromatic heterocycles. The van der Waals surface area contributed by atoms with Gasteiger partial charge in [-0.3, -0.25) is 0 Å². The molecule has 12 heteroatoms. The molecule has 0 spiro atoms. The van der Waals surface area contributed by atoms with Crippen LogP contribution < -0.4 is 0 Å². The lowest BCUT2D eigenvalue weighted by atomic mass is 9.67. The van der Waals surface area contributed by atoms with Gasteiger partial charge in [0.05, 0.1) is 26.7 Å². The van der Waals surface area contributed by atoms with Crippen LogP contribution in [0.4, 0.5) is 0 Å². The molecular weight excluding hydrogens is 1750 g/mol. The Morgan fingerprint density at radius 3 is 0.852 bits per heavy atom. The van der Waals surface area contributed by atoms with Gasteiger partial charge in [0.2, 0.25) is 0 Å². The van der Waals surface area contributed by atoms with Crippen LogP contribution in [0.25, 0.3) is 212 Å². The highest BCUT2D eigenvalue weighted by Gasteiger charge is 2.49. The summed E-state index contributed by atoms with van der Waals surface area (Å²) in [6.07, 6.45) is 0. The smallest absolute Gasteiger partial charge is 0.180 e. The summed E-state index contributed by atoms with van der Waals surface area (Å²) in [5.41, 5.74) is 32.4. The Bertz CT molecular complexity index is 8950. The van der Waals surface area contributed by atoms with Crippen molar-refractivity contribution >= 4 is 53.7 Å². The average Bonchev–Trinajstić information content (AvgIpc) is 1.53. The molecule has 0 radical (unpaired) electrons. The lowest BCUT2D eigenvalue weighted by Gasteiger charge is -2.34. The Balaban J connectivity index is 0.000000146. The van der Waals surface area contributed by atoms with Crippen molar-refractivity contribution in [1.29, 1.82) is 0 Å². The van der Waals surface area contributed by atoms with E-state index in [0.717, 1.165) is 170 Å². The van der Waals surface area contributed by atoms with E-state index in [4.69, 9.17) is 54.3 Å². The number of fused-ring (bicyclic) bond motifs is 12. The Morgan fingerprint density at radius 1 is 0.176 bits per heavy atom. The molecule has 0 aliphatic heterocycles. The van der Waals surface area contributed by atoms with Crippen LogP contribution in [0, 0.1) is 0 Å². The van der Waals surface area contributed by atoms with Crippen LogP contribution in [0.15, 0.2) is 502 Å². The largest absolute Gasteiger partial charge is 0.452 e. The molecule has 0 unspecified atom stereocenters. The van der Waals surface area contributed by atoms with Gasteiger partial charge in [0.15, 0.2) is 52.2 Å². The fourth-order valence-electron chi connectivity index (χ4n) is 21.1. The van der Waals surface area contributed by atoms with Gasteiger partial charge in [-0.1, -0.05) is 455 Å². The highest BCUT2D eigenvalue weighted by Crippen LogP contribution is 2.61. The van der Waals surface area contributed by atoms with Gasteiger partial charge < -0.3 is 4.42 Å². The number of furan rings is 1. The van der Waals surface area contributed by atoms with Gasteiger partial charge in [-0.25, -0.2) is 49.8 Å². The first-order valence-electron chi connectivity index (χ1n) is 47.7. The molecule has 664 valence electrons. The SMILES string of the molecule is c1ccc(-c2ccc(-c3nc(-c4cc5c(cc4-c4nc(-c6ccccc6)nc(-c6ccccc6)n4)-c4ccccc4C5(c4ccccc4)c4ccccc4)nc4c3sc3ccccc34)cc2)cc1.c1ccc(-c2ccc(-c3nc(-c4ccccc4)nc(-c4cc5c(cc4-c4nc(-c6ccc(-c7ccccc7)cc6)c6oc7ccccc7c6n4)C(c4ccccc4)(c4ccccc4)c4ccccc4-5)n3)cc2)cc1. The molecule has 19 aromatic carbocycles. The maximum Gasteiger partial charge on any atom is 0.180 e. The van der Waals surface area contributed by atoms with E-state index in [1.807, 2.05) is 97.1 Å². The summed E-state index contributed by atoms with van der Waals surface area (Å²) in [4.78, 5) is 54.4. The minimum atomic E-state index is -0.704. The summed E-state index contributed by atoms with van der Waals surface area (Å²) in [5, 5.41) is 1.99. The van der Waals surface area contributed by atoms with E-state index in [-0.39, 0.29) is 0 Å². The standard InChI is InChI=1S/C68H43N5O.C62H39N5S/c1-6-20-44(21-7-1)46-34-38-48(39-35-46)61-63-62(54-31-17-19-33-60(54)74-63)70-66(69-61)57-43-59-55(53-30-16-18-32-58(53)68(59,51-26-12-4-13-27-51)52-28-14-5-15-29-52)42-56(57)67-72-64(49-24-10-3-11-25-49)71-65(73-67)50-40-36-47(37-41-50)45-22-8-2-9-23-45;1-6-20-40(21-7-1)41-34-36-42(37-35-41)55-57-56(48-31-17-19-33-54(48)68-57)64-60(63-55)51-39-53-49(47-30-16-18-32-52(47)62(53,45-26-12-4-13-27-45)46-28-14-5-15-29-46)38-50(51)61-66-58(43-22-8-2-9-23-43)65-59(67-61)44-24-10-3-11-25-44/h1-43H;1-39H. The molecule has 2 aliphatic carbocycles. The topological polar surface area (TPSA) is 142 Å². The fraction of sp³-hybridized carbons (Fsp3) is 0.0154. The molecule has 0 atom stereocenters. The molecule has 0 saturated carbocycles. The van der Waals surface area contributed by atoms with Crippen LogP contribution in [0.1, 0.15) is 44.5 Å². The molecule has 27 rings (SSSR count). The summed E-state index contributed by atoms with van der Waals surface area (Å²) in [7, 11) is 0. The molecule has 0 bridgehead atoms. The molecule has 0 N–H and O–H groups in total. The van der Waals surface area contributed by atoms with E-state index < -0.39 is 10.8 Å². The Morgan fingerprint density at radius 2 is 0.451 bits per heavy atom. The summed E-state index contributed by atoms with van der Waals surface area (Å²) in [6.45, 7) is 0. The van der Waals surface area contributed by atoms with Crippen LogP contribution in [0.2, 0.25) is 0 Å². The fourth-order valence-corrected chi connectivity index (χ4v) is 22.3. The van der Waals surface area contributed by atoms with Crippen molar-refractivity contribution in [3.8, 4) is 169 Å². The van der Waals surface area contributed by atoms with Crippen molar-refractivity contribution in [2.75, 3.05) is 0 Å². The number of benzene rings is 19. The second-order valence-electron chi connectivity index (χ2n) is 35.8. The van der Waals surface area contributed by atoms with Crippen molar-refractivity contribution in [3.63, 3.8) is 0 Å². The predicted octanol–water partition coefficient (Wildman–Crippen LogP) is 32.0. The van der Waals surface area contributed by atoms with E-state index in [2.05, 4.69) is 400 Å². The van der Waals surface area contributed by atoms with E-state index in [1.165, 1.54) is 27.8 Å². The number of hydrogen-bond acceptors (Lipinski definition) is 12. The lowest BCUT2D eigenvalue weighted by molar-refractivity contribution is 0.667. The van der Waals surface area contributed by atoms with E-state index in [1.54, 1.807) is 11.3 Å². The molecule has 25 aromatic rings. The number of para-hydroxylation sites is 1. The third-order valence-electron chi connectivity index (χ3n) is 27.7. The average molecular weight is 1830 g/mol. The first-order valence-corrected chi connectivity index (χ1v) is 48.5. The third-order valence-corrected chi connectivity index (χ3v) is 28.9. The molecule has 0 fully saturated rings. The first-order chi connectivity index (χ1) is 70.4. The Kier molecular flexibility index (Phi) is 21.0. The lowest BCUT2D eigenvalue weighted by Crippen LogP contribution is -2.28. The van der Waals surface area contributed by atoms with Gasteiger partial charge in [0.25, 0.3) is 0 Å². The van der Waals surface area contributed by atoms with Crippen molar-refractivity contribution in [3.05, 3.63) is 542 Å². The number of nitrogens with zero attached hydrogens (tertiary/aromatic N) is 10. The van der Waals surface area contributed by atoms with Crippen molar-refractivity contribution in [1.82, 2.24) is 49.8 Å². The molecule has 0 saturated heterocycles. The highest BCUT2D eigenvalue weighted by molar-refractivity contribution is 7.26. The van der Waals surface area contributed by atoms with Crippen molar-refractivity contribution in [2.24, 2.45) is 0 Å². The van der Waals surface area contributed by atoms with Gasteiger partial charge in [0.1, 0.15) is 16.8 Å². The van der Waals surface area contributed by atoms with Gasteiger partial charge >= 0.3 is 0 Å². The summed E-state index contributed by atoms with van der Waals surface area (Å²) in [5.74, 6) is 4.44. The zero-order valence-electron chi connectivity index (χ0n) is 76.6. The third kappa shape index (κ3) is 14.6. The highest BCUT2D eigenvalue weighted by atomic mass is 32.1. The molecule has 2 aliphatic rings. The zero-order valence-corrected chi connectivity index (χ0v) is 77.4. The summed E-state index contributed by atoms with van der Waals surface area (Å²) >= 11 is 1.74. The minimum absolute atomic E-state index is 0.503. The van der Waals surface area contributed by atoms with Gasteiger partial charge in [-0.2, -0.15) is 0 Å². The predicted molar refractivity (Wildman–Crippen MR) is 576 cm³/mol. The van der Waals surface area contributed by atoms with E-state index in [0.29, 0.717) is 57.9 Å². The molecule has 11 nitrogen and oxygen atoms in total. The molecular formula is C130H82N10OS. The maximum absolute atomic E-state index is 6.73. The van der Waals surface area contributed by atoms with Crippen molar-refractivity contribution < 1.29 is 4.42 Å². The molecule has 0 amide bonds. The Labute approximate surface area is 824 Å². The molecule has 6 heterocycles. The second-order valence-corrected chi connectivity index (χ2v) is 36.9. The second kappa shape index (κ2) is 35.5. The van der Waals surface area contributed by atoms with Crippen LogP contribution in [-0.4, -0.2) is 49.8 Å². The normalized spacial score (nSPS) is 12.5. The number of thiophene rings is 1. The van der Waals surface area contributed by atoms with Gasteiger partial charge in [0, 0.05) is 71.1 Å². The van der Waals surface area contributed by atoms with Crippen LogP contribution in [-0.2, 0) is 10.8 Å². The quantitative estimate of drug-likeness (QED) is 0.0860. The number of hydrogen-bond donors (Lipinski definition) is 0.